The van der Waals surface area contributed by atoms with E-state index >= 15 is 0 Å². The molecule has 0 bridgehead atoms. The number of benzene rings is 2. The molecule has 2 aliphatic rings. The van der Waals surface area contributed by atoms with Crippen LogP contribution in [0.5, 0.6) is 0 Å². The van der Waals surface area contributed by atoms with Crippen LogP contribution < -0.4 is 11.1 Å². The van der Waals surface area contributed by atoms with Crippen molar-refractivity contribution in [2.45, 2.75) is 18.9 Å². The van der Waals surface area contributed by atoms with E-state index in [-0.39, 0.29) is 5.95 Å². The number of nitrogen functional groups attached to an aromatic ring is 1. The standard InChI is InChI=1S/C27H28N6O2/c28-26-30-27(31-33(26)23-10-8-21(9-11-23)20-6-2-1-3-7-20)29-25-13-12-24(18-22(25)19-34)35-17-16-32-14-4-5-15-32/h1-3,6-13,18,25H,4-5,14-17H2,(H3,28,29,30,31). The second-order valence-corrected chi connectivity index (χ2v) is 8.60. The lowest BCUT2D eigenvalue weighted by atomic mass is 10.0. The fourth-order valence-corrected chi connectivity index (χ4v) is 4.33. The van der Waals surface area contributed by atoms with Crippen molar-refractivity contribution >= 4 is 17.8 Å². The number of rotatable bonds is 8. The number of anilines is 2. The Morgan fingerprint density at radius 3 is 2.54 bits per heavy atom. The number of hydrogen-bond acceptors (Lipinski definition) is 7. The van der Waals surface area contributed by atoms with E-state index in [9.17, 15) is 4.79 Å². The van der Waals surface area contributed by atoms with Crippen molar-refractivity contribution < 1.29 is 9.53 Å². The predicted octanol–water partition coefficient (Wildman–Crippen LogP) is 3.62. The highest BCUT2D eigenvalue weighted by molar-refractivity contribution is 5.66. The smallest absolute Gasteiger partial charge is 0.245 e. The lowest BCUT2D eigenvalue weighted by Gasteiger charge is -2.19. The minimum Gasteiger partial charge on any atom is -0.492 e. The van der Waals surface area contributed by atoms with Gasteiger partial charge in [-0.05, 0) is 61.3 Å². The molecule has 1 atom stereocenters. The Kier molecular flexibility index (Phi) is 6.75. The van der Waals surface area contributed by atoms with Gasteiger partial charge in [-0.2, -0.15) is 9.67 Å². The third-order valence-electron chi connectivity index (χ3n) is 6.21. The third kappa shape index (κ3) is 5.35. The van der Waals surface area contributed by atoms with Gasteiger partial charge in [-0.3, -0.25) is 4.90 Å². The largest absolute Gasteiger partial charge is 0.492 e. The summed E-state index contributed by atoms with van der Waals surface area (Å²) in [4.78, 5) is 18.3. The normalized spacial score (nSPS) is 17.8. The summed E-state index contributed by atoms with van der Waals surface area (Å²) >= 11 is 0. The van der Waals surface area contributed by atoms with Gasteiger partial charge in [0.25, 0.3) is 0 Å². The summed E-state index contributed by atoms with van der Waals surface area (Å²) in [5.74, 6) is 3.22. The van der Waals surface area contributed by atoms with E-state index < -0.39 is 6.04 Å². The Balaban J connectivity index is 1.23. The Morgan fingerprint density at radius 2 is 1.80 bits per heavy atom. The van der Waals surface area contributed by atoms with Crippen LogP contribution in [0.3, 0.4) is 0 Å². The van der Waals surface area contributed by atoms with Crippen LogP contribution in [-0.2, 0) is 9.53 Å². The molecule has 1 unspecified atom stereocenters. The molecule has 0 amide bonds. The van der Waals surface area contributed by atoms with E-state index in [1.807, 2.05) is 60.6 Å². The van der Waals surface area contributed by atoms with E-state index in [0.717, 1.165) is 36.4 Å². The van der Waals surface area contributed by atoms with Gasteiger partial charge in [0.1, 0.15) is 18.3 Å². The molecule has 8 heteroatoms. The molecule has 0 radical (unpaired) electrons. The number of allylic oxidation sites excluding steroid dienone is 1. The minimum absolute atomic E-state index is 0.248. The van der Waals surface area contributed by atoms with Crippen molar-refractivity contribution in [2.75, 3.05) is 37.3 Å². The summed E-state index contributed by atoms with van der Waals surface area (Å²) in [5.41, 5.74) is 9.59. The molecule has 1 aliphatic carbocycles. The number of aromatic nitrogens is 3. The van der Waals surface area contributed by atoms with E-state index in [2.05, 4.69) is 32.4 Å². The van der Waals surface area contributed by atoms with Crippen LogP contribution in [0.15, 0.2) is 84.2 Å². The molecule has 0 saturated carbocycles. The molecule has 35 heavy (non-hydrogen) atoms. The Bertz CT molecular complexity index is 1270. The summed E-state index contributed by atoms with van der Waals surface area (Å²) in [6.45, 7) is 3.74. The Morgan fingerprint density at radius 1 is 1.06 bits per heavy atom. The van der Waals surface area contributed by atoms with Gasteiger partial charge in [-0.1, -0.05) is 48.5 Å². The molecule has 3 aromatic rings. The van der Waals surface area contributed by atoms with Gasteiger partial charge < -0.3 is 15.8 Å². The van der Waals surface area contributed by atoms with E-state index in [0.29, 0.717) is 23.9 Å². The lowest BCUT2D eigenvalue weighted by molar-refractivity contribution is 0.179. The number of carbonyl (C=O) groups excluding carboxylic acids is 1. The van der Waals surface area contributed by atoms with Crippen LogP contribution in [0.4, 0.5) is 11.9 Å². The van der Waals surface area contributed by atoms with Crippen molar-refractivity contribution in [3.8, 4) is 16.8 Å². The average Bonchev–Trinajstić information content (AvgIpc) is 3.55. The van der Waals surface area contributed by atoms with Crippen LogP contribution in [0.25, 0.3) is 16.8 Å². The zero-order valence-electron chi connectivity index (χ0n) is 19.4. The fraction of sp³-hybridized carbons (Fsp3) is 0.259. The zero-order valence-corrected chi connectivity index (χ0v) is 19.4. The first-order valence-corrected chi connectivity index (χ1v) is 11.8. The van der Waals surface area contributed by atoms with Gasteiger partial charge >= 0.3 is 0 Å². The SMILES string of the molecule is Nc1nc(NC2C=CC(OCCN3CCCC3)=CC2=C=O)nn1-c1ccc(-c2ccccc2)cc1. The molecule has 8 nitrogen and oxygen atoms in total. The van der Waals surface area contributed by atoms with Crippen LogP contribution in [0.1, 0.15) is 12.8 Å². The van der Waals surface area contributed by atoms with Crippen molar-refractivity contribution in [3.63, 3.8) is 0 Å². The maximum absolute atomic E-state index is 11.6. The second-order valence-electron chi connectivity index (χ2n) is 8.60. The molecule has 3 N–H and O–H groups in total. The number of nitrogens with one attached hydrogen (secondary N) is 1. The van der Waals surface area contributed by atoms with E-state index in [1.165, 1.54) is 12.8 Å². The molecule has 0 spiro atoms. The third-order valence-corrected chi connectivity index (χ3v) is 6.21. The van der Waals surface area contributed by atoms with Gasteiger partial charge in [0.05, 0.1) is 17.3 Å². The molecular weight excluding hydrogens is 440 g/mol. The molecule has 2 heterocycles. The van der Waals surface area contributed by atoms with Crippen molar-refractivity contribution in [1.82, 2.24) is 19.7 Å². The first-order chi connectivity index (χ1) is 17.2. The van der Waals surface area contributed by atoms with Crippen molar-refractivity contribution in [1.29, 1.82) is 0 Å². The molecule has 1 fully saturated rings. The number of nitrogens with two attached hydrogens (primary N) is 1. The van der Waals surface area contributed by atoms with Crippen molar-refractivity contribution in [3.05, 3.63) is 84.2 Å². The summed E-state index contributed by atoms with van der Waals surface area (Å²) in [6.07, 6.45) is 7.90. The van der Waals surface area contributed by atoms with Gasteiger partial charge in [-0.15, -0.1) is 5.10 Å². The molecule has 1 saturated heterocycles. The Labute approximate surface area is 204 Å². The van der Waals surface area contributed by atoms with Crippen LogP contribution in [-0.4, -0.2) is 57.9 Å². The fourth-order valence-electron chi connectivity index (χ4n) is 4.33. The first kappa shape index (κ1) is 22.7. The average molecular weight is 469 g/mol. The molecule has 2 aromatic carbocycles. The number of ether oxygens (including phenoxy) is 1. The Hall–Kier alpha value is -4.13. The van der Waals surface area contributed by atoms with Gasteiger partial charge in [-0.25, -0.2) is 4.79 Å². The highest BCUT2D eigenvalue weighted by atomic mass is 16.5. The number of hydrogen-bond donors (Lipinski definition) is 2. The van der Waals surface area contributed by atoms with Gasteiger partial charge in [0, 0.05) is 6.54 Å². The zero-order chi connectivity index (χ0) is 24.0. The summed E-state index contributed by atoms with van der Waals surface area (Å²) in [6, 6.07) is 17.7. The highest BCUT2D eigenvalue weighted by Crippen LogP contribution is 2.23. The number of likely N-dealkylation sites (tertiary alicyclic amines) is 1. The minimum atomic E-state index is -0.422. The van der Waals surface area contributed by atoms with E-state index in [1.54, 1.807) is 10.8 Å². The molecular formula is C27H28N6O2. The molecule has 178 valence electrons. The van der Waals surface area contributed by atoms with Crippen LogP contribution >= 0.6 is 0 Å². The highest BCUT2D eigenvalue weighted by Gasteiger charge is 2.20. The molecule has 1 aliphatic heterocycles. The maximum atomic E-state index is 11.6. The van der Waals surface area contributed by atoms with Gasteiger partial charge in [0.15, 0.2) is 0 Å². The number of nitrogens with zero attached hydrogens (tertiary/aromatic N) is 4. The van der Waals surface area contributed by atoms with Crippen LogP contribution in [0, 0.1) is 0 Å². The van der Waals surface area contributed by atoms with E-state index in [4.69, 9.17) is 10.5 Å². The van der Waals surface area contributed by atoms with Crippen LogP contribution in [0.2, 0.25) is 0 Å². The topological polar surface area (TPSA) is 98.3 Å². The summed E-state index contributed by atoms with van der Waals surface area (Å²) in [5, 5.41) is 7.65. The first-order valence-electron chi connectivity index (χ1n) is 11.8. The second kappa shape index (κ2) is 10.4. The maximum Gasteiger partial charge on any atom is 0.245 e. The van der Waals surface area contributed by atoms with Crippen molar-refractivity contribution in [2.24, 2.45) is 0 Å². The van der Waals surface area contributed by atoms with Gasteiger partial charge in [0.2, 0.25) is 11.9 Å². The summed E-state index contributed by atoms with van der Waals surface area (Å²) in [7, 11) is 0. The summed E-state index contributed by atoms with van der Waals surface area (Å²) < 4.78 is 7.41. The molecule has 5 rings (SSSR count). The monoisotopic (exact) mass is 468 g/mol. The lowest BCUT2D eigenvalue weighted by Crippen LogP contribution is -2.25. The predicted molar refractivity (Wildman–Crippen MR) is 137 cm³/mol. The quantitative estimate of drug-likeness (QED) is 0.487. The molecule has 1 aromatic heterocycles.